The molecule has 2 aromatic carbocycles. The van der Waals surface area contributed by atoms with Gasteiger partial charge in [0.2, 0.25) is 0 Å². The van der Waals surface area contributed by atoms with E-state index >= 15 is 0 Å². The van der Waals surface area contributed by atoms with Crippen molar-refractivity contribution in [1.82, 2.24) is 5.32 Å². The molecule has 1 nitrogen and oxygen atoms in total. The van der Waals surface area contributed by atoms with Crippen LogP contribution in [-0.4, -0.2) is 7.05 Å². The van der Waals surface area contributed by atoms with Gasteiger partial charge in [0.15, 0.2) is 0 Å². The number of aryl methyl sites for hydroxylation is 1. The standard InChI is InChI=1S/C17H18ClN/c1-19-17(13-6-4-7-14(18)11-13)16-10-9-12-5-2-3-8-15(12)16/h2-8,11,16-17,19H,9-10H2,1H3. The Kier molecular flexibility index (Phi) is 3.58. The highest BCUT2D eigenvalue weighted by Gasteiger charge is 2.29. The van der Waals surface area contributed by atoms with E-state index in [1.54, 1.807) is 0 Å². The highest BCUT2D eigenvalue weighted by molar-refractivity contribution is 6.30. The van der Waals surface area contributed by atoms with Gasteiger partial charge in [-0.15, -0.1) is 0 Å². The molecule has 0 spiro atoms. The van der Waals surface area contributed by atoms with E-state index in [0.29, 0.717) is 12.0 Å². The summed E-state index contributed by atoms with van der Waals surface area (Å²) < 4.78 is 0. The fraction of sp³-hybridized carbons (Fsp3) is 0.294. The lowest BCUT2D eigenvalue weighted by molar-refractivity contribution is 0.477. The van der Waals surface area contributed by atoms with Crippen molar-refractivity contribution in [2.24, 2.45) is 0 Å². The van der Waals surface area contributed by atoms with Crippen LogP contribution in [0.15, 0.2) is 48.5 Å². The highest BCUT2D eigenvalue weighted by atomic mass is 35.5. The van der Waals surface area contributed by atoms with Gasteiger partial charge in [-0.2, -0.15) is 0 Å². The Morgan fingerprint density at radius 1 is 1.16 bits per heavy atom. The van der Waals surface area contributed by atoms with E-state index in [2.05, 4.69) is 41.7 Å². The van der Waals surface area contributed by atoms with Gasteiger partial charge in [0.25, 0.3) is 0 Å². The number of halogens is 1. The molecule has 2 heteroatoms. The van der Waals surface area contributed by atoms with Crippen molar-refractivity contribution < 1.29 is 0 Å². The molecular weight excluding hydrogens is 254 g/mol. The maximum atomic E-state index is 6.13. The highest BCUT2D eigenvalue weighted by Crippen LogP contribution is 2.41. The Hall–Kier alpha value is -1.31. The lowest BCUT2D eigenvalue weighted by Crippen LogP contribution is -2.22. The molecule has 0 heterocycles. The van der Waals surface area contributed by atoms with Crippen molar-refractivity contribution in [2.45, 2.75) is 24.8 Å². The van der Waals surface area contributed by atoms with Gasteiger partial charge in [0, 0.05) is 17.0 Å². The van der Waals surface area contributed by atoms with Crippen molar-refractivity contribution >= 4 is 11.6 Å². The smallest absolute Gasteiger partial charge is 0.0409 e. The molecule has 19 heavy (non-hydrogen) atoms. The zero-order valence-electron chi connectivity index (χ0n) is 11.1. The summed E-state index contributed by atoms with van der Waals surface area (Å²) in [6.07, 6.45) is 2.39. The van der Waals surface area contributed by atoms with E-state index in [1.807, 2.05) is 19.2 Å². The summed E-state index contributed by atoms with van der Waals surface area (Å²) in [4.78, 5) is 0. The van der Waals surface area contributed by atoms with Gasteiger partial charge >= 0.3 is 0 Å². The Labute approximate surface area is 119 Å². The number of fused-ring (bicyclic) bond motifs is 1. The third-order valence-electron chi connectivity index (χ3n) is 4.10. The van der Waals surface area contributed by atoms with Crippen LogP contribution in [0.5, 0.6) is 0 Å². The van der Waals surface area contributed by atoms with Crippen molar-refractivity contribution in [2.75, 3.05) is 7.05 Å². The molecule has 0 aromatic heterocycles. The first-order chi connectivity index (χ1) is 9.29. The molecular formula is C17H18ClN. The predicted molar refractivity (Wildman–Crippen MR) is 80.8 cm³/mol. The number of benzene rings is 2. The summed E-state index contributed by atoms with van der Waals surface area (Å²) in [5, 5.41) is 4.28. The van der Waals surface area contributed by atoms with Gasteiger partial charge in [-0.25, -0.2) is 0 Å². The number of rotatable bonds is 3. The Morgan fingerprint density at radius 3 is 2.79 bits per heavy atom. The second kappa shape index (κ2) is 5.36. The number of likely N-dealkylation sites (N-methyl/N-ethyl adjacent to an activating group) is 1. The Morgan fingerprint density at radius 2 is 2.00 bits per heavy atom. The normalized spacial score (nSPS) is 19.2. The number of hydrogen-bond acceptors (Lipinski definition) is 1. The monoisotopic (exact) mass is 271 g/mol. The van der Waals surface area contributed by atoms with E-state index in [1.165, 1.54) is 29.5 Å². The Bertz CT molecular complexity index is 579. The minimum atomic E-state index is 0.336. The topological polar surface area (TPSA) is 12.0 Å². The third kappa shape index (κ3) is 2.41. The molecule has 2 unspecified atom stereocenters. The second-order valence-electron chi connectivity index (χ2n) is 5.17. The van der Waals surface area contributed by atoms with Gasteiger partial charge in [-0.05, 0) is 48.7 Å². The van der Waals surface area contributed by atoms with Crippen molar-refractivity contribution in [3.05, 3.63) is 70.2 Å². The summed E-state index contributed by atoms with van der Waals surface area (Å²) in [5.41, 5.74) is 4.26. The molecule has 0 fully saturated rings. The Balaban J connectivity index is 1.96. The van der Waals surface area contributed by atoms with Crippen LogP contribution in [0.25, 0.3) is 0 Å². The molecule has 0 aliphatic heterocycles. The molecule has 1 aliphatic rings. The van der Waals surface area contributed by atoms with Crippen LogP contribution in [-0.2, 0) is 6.42 Å². The molecule has 0 saturated heterocycles. The third-order valence-corrected chi connectivity index (χ3v) is 4.34. The second-order valence-corrected chi connectivity index (χ2v) is 5.60. The van der Waals surface area contributed by atoms with Gasteiger partial charge < -0.3 is 5.32 Å². The first-order valence-corrected chi connectivity index (χ1v) is 7.18. The van der Waals surface area contributed by atoms with Crippen LogP contribution >= 0.6 is 11.6 Å². The van der Waals surface area contributed by atoms with Crippen LogP contribution in [0.3, 0.4) is 0 Å². The van der Waals surface area contributed by atoms with Crippen LogP contribution in [0, 0.1) is 0 Å². The predicted octanol–water partition coefficient (Wildman–Crippen LogP) is 4.33. The van der Waals surface area contributed by atoms with E-state index in [0.717, 1.165) is 5.02 Å². The lowest BCUT2D eigenvalue weighted by Gasteiger charge is -2.24. The van der Waals surface area contributed by atoms with Crippen molar-refractivity contribution in [1.29, 1.82) is 0 Å². The minimum Gasteiger partial charge on any atom is -0.312 e. The van der Waals surface area contributed by atoms with E-state index in [9.17, 15) is 0 Å². The fourth-order valence-corrected chi connectivity index (χ4v) is 3.44. The van der Waals surface area contributed by atoms with Crippen LogP contribution < -0.4 is 5.32 Å². The minimum absolute atomic E-state index is 0.336. The number of nitrogens with one attached hydrogen (secondary N) is 1. The van der Waals surface area contributed by atoms with Crippen LogP contribution in [0.1, 0.15) is 35.1 Å². The van der Waals surface area contributed by atoms with Gasteiger partial charge in [0.05, 0.1) is 0 Å². The van der Waals surface area contributed by atoms with Crippen LogP contribution in [0.4, 0.5) is 0 Å². The van der Waals surface area contributed by atoms with Crippen molar-refractivity contribution in [3.8, 4) is 0 Å². The summed E-state index contributed by atoms with van der Waals surface area (Å²) in [5.74, 6) is 0.541. The molecule has 0 bridgehead atoms. The van der Waals surface area contributed by atoms with Gasteiger partial charge in [-0.1, -0.05) is 48.0 Å². The summed E-state index contributed by atoms with van der Waals surface area (Å²) in [6, 6.07) is 17.3. The maximum absolute atomic E-state index is 6.13. The fourth-order valence-electron chi connectivity index (χ4n) is 3.24. The van der Waals surface area contributed by atoms with Gasteiger partial charge in [0.1, 0.15) is 0 Å². The molecule has 0 amide bonds. The first kappa shape index (κ1) is 12.7. The number of hydrogen-bond donors (Lipinski definition) is 1. The maximum Gasteiger partial charge on any atom is 0.0409 e. The first-order valence-electron chi connectivity index (χ1n) is 6.80. The van der Waals surface area contributed by atoms with E-state index in [4.69, 9.17) is 11.6 Å². The van der Waals surface area contributed by atoms with Crippen LogP contribution in [0.2, 0.25) is 5.02 Å². The molecule has 1 aliphatic carbocycles. The molecule has 2 atom stereocenters. The van der Waals surface area contributed by atoms with E-state index < -0.39 is 0 Å². The molecule has 0 radical (unpaired) electrons. The van der Waals surface area contributed by atoms with Gasteiger partial charge in [-0.3, -0.25) is 0 Å². The average molecular weight is 272 g/mol. The zero-order valence-corrected chi connectivity index (χ0v) is 11.8. The molecule has 2 aromatic rings. The SMILES string of the molecule is CNC(c1cccc(Cl)c1)C1CCc2ccccc21. The zero-order chi connectivity index (χ0) is 13.2. The molecule has 1 N–H and O–H groups in total. The summed E-state index contributed by atoms with van der Waals surface area (Å²) in [7, 11) is 2.03. The summed E-state index contributed by atoms with van der Waals surface area (Å²) in [6.45, 7) is 0. The average Bonchev–Trinajstić information content (AvgIpc) is 2.84. The molecule has 3 rings (SSSR count). The molecule has 98 valence electrons. The van der Waals surface area contributed by atoms with Crippen molar-refractivity contribution in [3.63, 3.8) is 0 Å². The summed E-state index contributed by atoms with van der Waals surface area (Å²) >= 11 is 6.13. The quantitative estimate of drug-likeness (QED) is 0.876. The lowest BCUT2D eigenvalue weighted by atomic mass is 9.88. The largest absolute Gasteiger partial charge is 0.312 e. The van der Waals surface area contributed by atoms with E-state index in [-0.39, 0.29) is 0 Å². The molecule has 0 saturated carbocycles.